The Kier molecular flexibility index (Phi) is 3.51. The van der Waals surface area contributed by atoms with Crippen LogP contribution >= 0.6 is 22.6 Å². The summed E-state index contributed by atoms with van der Waals surface area (Å²) in [7, 11) is 0. The van der Waals surface area contributed by atoms with Crippen molar-refractivity contribution < 1.29 is 0 Å². The molecule has 108 valence electrons. The molecule has 0 saturated heterocycles. The lowest BCUT2D eigenvalue weighted by Crippen LogP contribution is -2.13. The molecule has 4 heteroatoms. The van der Waals surface area contributed by atoms with Crippen molar-refractivity contribution in [3.05, 3.63) is 51.4 Å². The molecule has 2 heterocycles. The first-order chi connectivity index (χ1) is 9.86. The Balaban J connectivity index is 2.25. The number of hydrogen-bond acceptors (Lipinski definition) is 2. The van der Waals surface area contributed by atoms with E-state index in [4.69, 9.17) is 4.98 Å². The van der Waals surface area contributed by atoms with E-state index in [1.54, 1.807) is 0 Å². The topological polar surface area (TPSA) is 30.7 Å². The molecule has 0 spiro atoms. The van der Waals surface area contributed by atoms with Crippen molar-refractivity contribution in [2.75, 3.05) is 0 Å². The summed E-state index contributed by atoms with van der Waals surface area (Å²) in [4.78, 5) is 4.86. The maximum atomic E-state index is 4.86. The van der Waals surface area contributed by atoms with E-state index in [2.05, 4.69) is 91.8 Å². The van der Waals surface area contributed by atoms with Crippen LogP contribution in [0.15, 0.2) is 36.4 Å². The number of rotatable bonds is 1. The van der Waals surface area contributed by atoms with Gasteiger partial charge in [-0.1, -0.05) is 38.5 Å². The van der Waals surface area contributed by atoms with Crippen LogP contribution in [-0.2, 0) is 5.41 Å². The number of aromatic nitrogens is 3. The standard InChI is InChI=1S/C17H18IN3/c1-11-5-7-12(8-6-11)21-16-13(15(18)20-21)9-10-14(19-16)17(2,3)4/h5-10H,1-4H3. The summed E-state index contributed by atoms with van der Waals surface area (Å²) in [6.45, 7) is 8.63. The van der Waals surface area contributed by atoms with Crippen LogP contribution in [0.25, 0.3) is 16.7 Å². The minimum absolute atomic E-state index is 0.0298. The van der Waals surface area contributed by atoms with Gasteiger partial charge in [-0.2, -0.15) is 5.10 Å². The van der Waals surface area contributed by atoms with Crippen molar-refractivity contribution in [3.8, 4) is 5.69 Å². The molecule has 0 unspecified atom stereocenters. The van der Waals surface area contributed by atoms with Gasteiger partial charge in [-0.15, -0.1) is 0 Å². The number of fused-ring (bicyclic) bond motifs is 1. The molecule has 0 radical (unpaired) electrons. The zero-order chi connectivity index (χ0) is 15.2. The second-order valence-corrected chi connectivity index (χ2v) is 7.38. The molecule has 1 aromatic carbocycles. The van der Waals surface area contributed by atoms with E-state index in [0.29, 0.717) is 0 Å². The largest absolute Gasteiger partial charge is 0.232 e. The summed E-state index contributed by atoms with van der Waals surface area (Å²) in [5.74, 6) is 0. The van der Waals surface area contributed by atoms with Gasteiger partial charge in [0.05, 0.1) is 11.1 Å². The Morgan fingerprint density at radius 3 is 2.29 bits per heavy atom. The summed E-state index contributed by atoms with van der Waals surface area (Å²) in [6, 6.07) is 12.6. The average Bonchev–Trinajstić information content (AvgIpc) is 2.76. The highest BCUT2D eigenvalue weighted by Crippen LogP contribution is 2.26. The Hall–Kier alpha value is -1.43. The number of aryl methyl sites for hydroxylation is 1. The molecule has 0 saturated carbocycles. The van der Waals surface area contributed by atoms with E-state index in [-0.39, 0.29) is 5.41 Å². The summed E-state index contributed by atoms with van der Waals surface area (Å²) in [5.41, 5.74) is 4.33. The predicted molar refractivity (Wildman–Crippen MR) is 95.0 cm³/mol. The van der Waals surface area contributed by atoms with E-state index < -0.39 is 0 Å². The number of nitrogens with zero attached hydrogens (tertiary/aromatic N) is 3. The highest BCUT2D eigenvalue weighted by Gasteiger charge is 2.18. The van der Waals surface area contributed by atoms with Crippen LogP contribution in [0.3, 0.4) is 0 Å². The van der Waals surface area contributed by atoms with Crippen LogP contribution in [0.2, 0.25) is 0 Å². The van der Waals surface area contributed by atoms with Crippen LogP contribution in [0.4, 0.5) is 0 Å². The number of benzene rings is 1. The molecule has 21 heavy (non-hydrogen) atoms. The Bertz CT molecular complexity index is 795. The van der Waals surface area contributed by atoms with E-state index >= 15 is 0 Å². The molecule has 0 bridgehead atoms. The molecule has 0 atom stereocenters. The summed E-state index contributed by atoms with van der Waals surface area (Å²) >= 11 is 2.27. The SMILES string of the molecule is Cc1ccc(-n2nc(I)c3ccc(C(C)(C)C)nc32)cc1. The third kappa shape index (κ3) is 2.69. The number of halogens is 1. The summed E-state index contributed by atoms with van der Waals surface area (Å²) in [6.07, 6.45) is 0. The van der Waals surface area contributed by atoms with Crippen molar-refractivity contribution in [1.82, 2.24) is 14.8 Å². The van der Waals surface area contributed by atoms with Gasteiger partial charge >= 0.3 is 0 Å². The highest BCUT2D eigenvalue weighted by molar-refractivity contribution is 14.1. The van der Waals surface area contributed by atoms with Gasteiger partial charge in [0.2, 0.25) is 0 Å². The van der Waals surface area contributed by atoms with Crippen LogP contribution in [0, 0.1) is 10.6 Å². The monoisotopic (exact) mass is 391 g/mol. The molecule has 0 aliphatic carbocycles. The molecule has 0 aliphatic heterocycles. The van der Waals surface area contributed by atoms with Gasteiger partial charge in [-0.25, -0.2) is 9.67 Å². The fourth-order valence-electron chi connectivity index (χ4n) is 2.24. The molecule has 3 nitrogen and oxygen atoms in total. The third-order valence-electron chi connectivity index (χ3n) is 3.53. The van der Waals surface area contributed by atoms with Crippen molar-refractivity contribution >= 4 is 33.6 Å². The highest BCUT2D eigenvalue weighted by atomic mass is 127. The van der Waals surface area contributed by atoms with Crippen LogP contribution < -0.4 is 0 Å². The maximum Gasteiger partial charge on any atom is 0.164 e. The smallest absolute Gasteiger partial charge is 0.164 e. The fourth-order valence-corrected chi connectivity index (χ4v) is 2.88. The minimum Gasteiger partial charge on any atom is -0.232 e. The molecule has 3 rings (SSSR count). The lowest BCUT2D eigenvalue weighted by Gasteiger charge is -2.17. The summed E-state index contributed by atoms with van der Waals surface area (Å²) in [5, 5.41) is 5.75. The van der Waals surface area contributed by atoms with Crippen molar-refractivity contribution in [2.45, 2.75) is 33.1 Å². The molecule has 0 aliphatic rings. The molecule has 0 amide bonds. The molecule has 0 fully saturated rings. The van der Waals surface area contributed by atoms with Crippen LogP contribution in [-0.4, -0.2) is 14.8 Å². The number of pyridine rings is 1. The molecule has 0 N–H and O–H groups in total. The van der Waals surface area contributed by atoms with Gasteiger partial charge in [0.15, 0.2) is 5.65 Å². The van der Waals surface area contributed by atoms with Crippen LogP contribution in [0.5, 0.6) is 0 Å². The van der Waals surface area contributed by atoms with Crippen LogP contribution in [0.1, 0.15) is 32.0 Å². The van der Waals surface area contributed by atoms with Gasteiger partial charge in [0.1, 0.15) is 3.70 Å². The first kappa shape index (κ1) is 14.5. The molecule has 2 aromatic heterocycles. The van der Waals surface area contributed by atoms with Crippen molar-refractivity contribution in [1.29, 1.82) is 0 Å². The van der Waals surface area contributed by atoms with E-state index in [0.717, 1.165) is 26.1 Å². The lowest BCUT2D eigenvalue weighted by atomic mass is 9.91. The van der Waals surface area contributed by atoms with Gasteiger partial charge in [-0.05, 0) is 53.8 Å². The predicted octanol–water partition coefficient (Wildman–Crippen LogP) is 4.63. The average molecular weight is 391 g/mol. The third-order valence-corrected chi connectivity index (χ3v) is 4.33. The zero-order valence-electron chi connectivity index (χ0n) is 12.7. The first-order valence-electron chi connectivity index (χ1n) is 6.99. The summed E-state index contributed by atoms with van der Waals surface area (Å²) < 4.78 is 2.92. The van der Waals surface area contributed by atoms with Gasteiger partial charge in [0, 0.05) is 11.1 Å². The van der Waals surface area contributed by atoms with Crippen molar-refractivity contribution in [2.24, 2.45) is 0 Å². The Morgan fingerprint density at radius 1 is 1.00 bits per heavy atom. The van der Waals surface area contributed by atoms with Crippen molar-refractivity contribution in [3.63, 3.8) is 0 Å². The van der Waals surface area contributed by atoms with Gasteiger partial charge in [0.25, 0.3) is 0 Å². The normalized spacial score (nSPS) is 12.0. The van der Waals surface area contributed by atoms with E-state index in [1.807, 2.05) is 4.68 Å². The molecular weight excluding hydrogens is 373 g/mol. The van der Waals surface area contributed by atoms with Gasteiger partial charge < -0.3 is 0 Å². The van der Waals surface area contributed by atoms with E-state index in [9.17, 15) is 0 Å². The van der Waals surface area contributed by atoms with Gasteiger partial charge in [-0.3, -0.25) is 0 Å². The lowest BCUT2D eigenvalue weighted by molar-refractivity contribution is 0.570. The minimum atomic E-state index is 0.0298. The molecular formula is C17H18IN3. The second kappa shape index (κ2) is 5.09. The Labute approximate surface area is 138 Å². The number of hydrogen-bond donors (Lipinski definition) is 0. The first-order valence-corrected chi connectivity index (χ1v) is 8.07. The van der Waals surface area contributed by atoms with E-state index in [1.165, 1.54) is 5.56 Å². The second-order valence-electron chi connectivity index (χ2n) is 6.36. The zero-order valence-corrected chi connectivity index (χ0v) is 14.8. The maximum absolute atomic E-state index is 4.86. The molecule has 3 aromatic rings. The fraction of sp³-hybridized carbons (Fsp3) is 0.294. The Morgan fingerprint density at radius 2 is 1.67 bits per heavy atom. The quantitative estimate of drug-likeness (QED) is 0.567.